The zero-order valence-electron chi connectivity index (χ0n) is 11.3. The van der Waals surface area contributed by atoms with Crippen LogP contribution in [0.25, 0.3) is 0 Å². The zero-order chi connectivity index (χ0) is 14.5. The maximum atomic E-state index is 13.6. The van der Waals surface area contributed by atoms with E-state index < -0.39 is 5.82 Å². The molecular formula is C15H16FN3O. The smallest absolute Gasteiger partial charge is 0.144 e. The van der Waals surface area contributed by atoms with Crippen molar-refractivity contribution < 1.29 is 9.13 Å². The van der Waals surface area contributed by atoms with Crippen LogP contribution < -0.4 is 5.32 Å². The standard InChI is InChI=1S/C15H16FN3O/c1-2-20-13-3-10(4-13)9-19-12-5-11(7-17)14(8-18)15(16)6-12/h5-6,10,13,19H,2-4,9H2,1H3. The Kier molecular flexibility index (Phi) is 4.55. The number of nitrogens with zero attached hydrogens (tertiary/aromatic N) is 2. The average Bonchev–Trinajstić information content (AvgIpc) is 2.40. The second-order valence-corrected chi connectivity index (χ2v) is 4.90. The molecule has 20 heavy (non-hydrogen) atoms. The number of ether oxygens (including phenoxy) is 1. The number of rotatable bonds is 5. The van der Waals surface area contributed by atoms with Crippen LogP contribution in [0, 0.1) is 34.4 Å². The third-order valence-electron chi connectivity index (χ3n) is 3.51. The van der Waals surface area contributed by atoms with E-state index in [-0.39, 0.29) is 11.1 Å². The molecule has 0 aliphatic heterocycles. The van der Waals surface area contributed by atoms with Crippen molar-refractivity contribution >= 4 is 5.69 Å². The minimum absolute atomic E-state index is 0.0656. The first-order valence-corrected chi connectivity index (χ1v) is 6.67. The Balaban J connectivity index is 1.93. The van der Waals surface area contributed by atoms with Gasteiger partial charge in [-0.2, -0.15) is 10.5 Å². The molecule has 2 rings (SSSR count). The van der Waals surface area contributed by atoms with Gasteiger partial charge < -0.3 is 10.1 Å². The molecule has 1 fully saturated rings. The molecule has 0 radical (unpaired) electrons. The molecule has 0 aromatic heterocycles. The molecule has 5 heteroatoms. The Hall–Kier alpha value is -2.11. The molecule has 1 aromatic carbocycles. The van der Waals surface area contributed by atoms with Crippen molar-refractivity contribution in [2.75, 3.05) is 18.5 Å². The van der Waals surface area contributed by atoms with Crippen LogP contribution in [0.15, 0.2) is 12.1 Å². The van der Waals surface area contributed by atoms with Crippen molar-refractivity contribution in [1.82, 2.24) is 0 Å². The number of hydrogen-bond donors (Lipinski definition) is 1. The van der Waals surface area contributed by atoms with E-state index in [0.717, 1.165) is 26.0 Å². The Morgan fingerprint density at radius 1 is 1.35 bits per heavy atom. The van der Waals surface area contributed by atoms with Gasteiger partial charge in [-0.15, -0.1) is 0 Å². The average molecular weight is 273 g/mol. The van der Waals surface area contributed by atoms with E-state index in [1.807, 2.05) is 13.0 Å². The number of benzene rings is 1. The van der Waals surface area contributed by atoms with Crippen LogP contribution in [0.5, 0.6) is 0 Å². The second kappa shape index (κ2) is 6.36. The lowest BCUT2D eigenvalue weighted by atomic mass is 9.82. The first-order valence-electron chi connectivity index (χ1n) is 6.67. The summed E-state index contributed by atoms with van der Waals surface area (Å²) in [6.45, 7) is 3.44. The fourth-order valence-electron chi connectivity index (χ4n) is 2.39. The Labute approximate surface area is 117 Å². The topological polar surface area (TPSA) is 68.8 Å². The van der Waals surface area contributed by atoms with Crippen molar-refractivity contribution in [3.8, 4) is 12.1 Å². The molecule has 0 saturated heterocycles. The molecule has 1 aliphatic rings. The van der Waals surface area contributed by atoms with Gasteiger partial charge in [0.1, 0.15) is 23.5 Å². The van der Waals surface area contributed by atoms with Crippen molar-refractivity contribution in [2.45, 2.75) is 25.9 Å². The van der Waals surface area contributed by atoms with Gasteiger partial charge in [-0.3, -0.25) is 0 Å². The van der Waals surface area contributed by atoms with Crippen LogP contribution in [0.4, 0.5) is 10.1 Å². The Bertz CT molecular complexity index is 568. The maximum Gasteiger partial charge on any atom is 0.144 e. The number of nitriles is 2. The molecule has 0 heterocycles. The minimum Gasteiger partial charge on any atom is -0.385 e. The van der Waals surface area contributed by atoms with Gasteiger partial charge in [-0.05, 0) is 37.8 Å². The third-order valence-corrected chi connectivity index (χ3v) is 3.51. The van der Waals surface area contributed by atoms with Crippen LogP contribution in [-0.4, -0.2) is 19.3 Å². The Morgan fingerprint density at radius 2 is 2.10 bits per heavy atom. The number of anilines is 1. The molecule has 0 atom stereocenters. The van der Waals surface area contributed by atoms with Gasteiger partial charge in [-0.1, -0.05) is 0 Å². The molecule has 0 bridgehead atoms. The lowest BCUT2D eigenvalue weighted by Crippen LogP contribution is -2.35. The monoisotopic (exact) mass is 273 g/mol. The first kappa shape index (κ1) is 14.3. The number of nitrogens with one attached hydrogen (secondary N) is 1. The highest BCUT2D eigenvalue weighted by molar-refractivity contribution is 5.57. The molecule has 1 N–H and O–H groups in total. The summed E-state index contributed by atoms with van der Waals surface area (Å²) < 4.78 is 19.1. The van der Waals surface area contributed by atoms with E-state index >= 15 is 0 Å². The lowest BCUT2D eigenvalue weighted by Gasteiger charge is -2.35. The fourth-order valence-corrected chi connectivity index (χ4v) is 2.39. The quantitative estimate of drug-likeness (QED) is 0.895. The normalized spacial score (nSPS) is 20.6. The van der Waals surface area contributed by atoms with Gasteiger partial charge >= 0.3 is 0 Å². The van der Waals surface area contributed by atoms with E-state index in [2.05, 4.69) is 5.32 Å². The molecule has 1 aliphatic carbocycles. The molecule has 1 saturated carbocycles. The van der Waals surface area contributed by atoms with E-state index in [1.165, 1.54) is 12.1 Å². The van der Waals surface area contributed by atoms with Gasteiger partial charge in [0.2, 0.25) is 0 Å². The highest BCUT2D eigenvalue weighted by atomic mass is 19.1. The second-order valence-electron chi connectivity index (χ2n) is 4.90. The maximum absolute atomic E-state index is 13.6. The number of halogens is 1. The van der Waals surface area contributed by atoms with Crippen molar-refractivity contribution in [3.05, 3.63) is 29.1 Å². The predicted octanol–water partition coefficient (Wildman–Crippen LogP) is 2.80. The zero-order valence-corrected chi connectivity index (χ0v) is 11.3. The predicted molar refractivity (Wildman–Crippen MR) is 72.5 cm³/mol. The molecule has 1 aromatic rings. The summed E-state index contributed by atoms with van der Waals surface area (Å²) in [5.41, 5.74) is 0.409. The van der Waals surface area contributed by atoms with Crippen molar-refractivity contribution in [3.63, 3.8) is 0 Å². The summed E-state index contributed by atoms with van der Waals surface area (Å²) in [6, 6.07) is 6.33. The van der Waals surface area contributed by atoms with Crippen molar-refractivity contribution in [1.29, 1.82) is 10.5 Å². The van der Waals surface area contributed by atoms with Gasteiger partial charge in [0.05, 0.1) is 11.7 Å². The summed E-state index contributed by atoms with van der Waals surface area (Å²) in [5, 5.41) is 20.8. The number of hydrogen-bond acceptors (Lipinski definition) is 4. The Morgan fingerprint density at radius 3 is 2.70 bits per heavy atom. The van der Waals surface area contributed by atoms with Gasteiger partial charge in [0.15, 0.2) is 0 Å². The summed E-state index contributed by atoms with van der Waals surface area (Å²) in [5.74, 6) is -0.148. The third kappa shape index (κ3) is 3.07. The van der Waals surface area contributed by atoms with E-state index in [4.69, 9.17) is 15.3 Å². The van der Waals surface area contributed by atoms with E-state index in [9.17, 15) is 4.39 Å². The summed E-state index contributed by atoms with van der Waals surface area (Å²) in [7, 11) is 0. The molecular weight excluding hydrogens is 257 g/mol. The highest BCUT2D eigenvalue weighted by Crippen LogP contribution is 2.30. The molecule has 4 nitrogen and oxygen atoms in total. The van der Waals surface area contributed by atoms with Gasteiger partial charge in [0.25, 0.3) is 0 Å². The van der Waals surface area contributed by atoms with Crippen LogP contribution in [0.1, 0.15) is 30.9 Å². The fraction of sp³-hybridized carbons (Fsp3) is 0.467. The van der Waals surface area contributed by atoms with Crippen LogP contribution in [0.3, 0.4) is 0 Å². The van der Waals surface area contributed by atoms with E-state index in [0.29, 0.717) is 17.7 Å². The summed E-state index contributed by atoms with van der Waals surface area (Å²) in [4.78, 5) is 0. The molecule has 0 amide bonds. The van der Waals surface area contributed by atoms with E-state index in [1.54, 1.807) is 6.07 Å². The van der Waals surface area contributed by atoms with Crippen LogP contribution >= 0.6 is 0 Å². The summed E-state index contributed by atoms with van der Waals surface area (Å²) >= 11 is 0. The lowest BCUT2D eigenvalue weighted by molar-refractivity contribution is -0.0205. The van der Waals surface area contributed by atoms with Gasteiger partial charge in [-0.25, -0.2) is 4.39 Å². The largest absolute Gasteiger partial charge is 0.385 e. The molecule has 104 valence electrons. The highest BCUT2D eigenvalue weighted by Gasteiger charge is 2.29. The summed E-state index contributed by atoms with van der Waals surface area (Å²) in [6.07, 6.45) is 2.36. The van der Waals surface area contributed by atoms with Gasteiger partial charge in [0, 0.05) is 18.8 Å². The van der Waals surface area contributed by atoms with Crippen molar-refractivity contribution in [2.24, 2.45) is 5.92 Å². The van der Waals surface area contributed by atoms with Crippen LogP contribution in [0.2, 0.25) is 0 Å². The van der Waals surface area contributed by atoms with Crippen LogP contribution in [-0.2, 0) is 4.74 Å². The SMILES string of the molecule is CCOC1CC(CNc2cc(F)c(C#N)c(C#N)c2)C1. The first-order chi connectivity index (χ1) is 9.67. The molecule has 0 unspecified atom stereocenters. The molecule has 0 spiro atoms. The minimum atomic E-state index is -0.658.